The highest BCUT2D eigenvalue weighted by atomic mass is 16.2. The second-order valence-electron chi connectivity index (χ2n) is 4.86. The Labute approximate surface area is 89.6 Å². The van der Waals surface area contributed by atoms with Gasteiger partial charge in [-0.3, -0.25) is 19.3 Å². The maximum atomic E-state index is 11.6. The fraction of sp³-hybridized carbons (Fsp3) is 0.727. The molecule has 0 aromatic rings. The lowest BCUT2D eigenvalue weighted by molar-refractivity contribution is -0.139. The fourth-order valence-electron chi connectivity index (χ4n) is 1.46. The lowest BCUT2D eigenvalue weighted by atomic mass is 9.89. The van der Waals surface area contributed by atoms with Crippen LogP contribution in [0.15, 0.2) is 0 Å². The topological polar surface area (TPSA) is 54.5 Å². The molecule has 0 radical (unpaired) electrons. The predicted octanol–water partition coefficient (Wildman–Crippen LogP) is 1.14. The van der Waals surface area contributed by atoms with E-state index in [1.54, 1.807) is 0 Å². The number of amides is 2. The summed E-state index contributed by atoms with van der Waals surface area (Å²) in [6.07, 6.45) is 0.853. The van der Waals surface area contributed by atoms with Crippen molar-refractivity contribution in [3.05, 3.63) is 0 Å². The van der Waals surface area contributed by atoms with E-state index >= 15 is 0 Å². The normalized spacial score (nSPS) is 17.4. The number of imide groups is 1. The highest BCUT2D eigenvalue weighted by molar-refractivity contribution is 6.02. The van der Waals surface area contributed by atoms with Crippen molar-refractivity contribution in [1.82, 2.24) is 4.90 Å². The standard InChI is InChI=1S/C11H17NO3/c1-11(2,3)8(13)6-7-12-9(14)4-5-10(12)15/h4-7H2,1-3H3. The van der Waals surface area contributed by atoms with Crippen LogP contribution >= 0.6 is 0 Å². The van der Waals surface area contributed by atoms with Crippen LogP contribution in [0, 0.1) is 5.41 Å². The van der Waals surface area contributed by atoms with Crippen LogP contribution in [0.5, 0.6) is 0 Å². The molecule has 0 spiro atoms. The van der Waals surface area contributed by atoms with Crippen molar-refractivity contribution < 1.29 is 14.4 Å². The maximum Gasteiger partial charge on any atom is 0.229 e. The molecular formula is C11H17NO3. The molecule has 0 aromatic carbocycles. The number of carbonyl (C=O) groups excluding carboxylic acids is 3. The molecule has 0 N–H and O–H groups in total. The average Bonchev–Trinajstić information content (AvgIpc) is 2.41. The molecular weight excluding hydrogens is 194 g/mol. The Morgan fingerprint density at radius 1 is 1.20 bits per heavy atom. The summed E-state index contributed by atoms with van der Waals surface area (Å²) in [6, 6.07) is 0. The molecule has 1 heterocycles. The Kier molecular flexibility index (Phi) is 3.27. The van der Waals surface area contributed by atoms with Gasteiger partial charge in [-0.05, 0) is 0 Å². The molecule has 0 unspecified atom stereocenters. The van der Waals surface area contributed by atoms with Gasteiger partial charge >= 0.3 is 0 Å². The van der Waals surface area contributed by atoms with E-state index in [4.69, 9.17) is 0 Å². The number of ketones is 1. The third-order valence-electron chi connectivity index (χ3n) is 2.55. The van der Waals surface area contributed by atoms with E-state index in [1.807, 2.05) is 20.8 Å². The van der Waals surface area contributed by atoms with E-state index in [1.165, 1.54) is 4.90 Å². The number of hydrogen-bond acceptors (Lipinski definition) is 3. The quantitative estimate of drug-likeness (QED) is 0.658. The number of likely N-dealkylation sites (tertiary alicyclic amines) is 1. The van der Waals surface area contributed by atoms with Crippen LogP contribution in [-0.4, -0.2) is 29.0 Å². The van der Waals surface area contributed by atoms with Crippen LogP contribution < -0.4 is 0 Å². The second kappa shape index (κ2) is 4.13. The van der Waals surface area contributed by atoms with Gasteiger partial charge in [0.15, 0.2) is 0 Å². The monoisotopic (exact) mass is 211 g/mol. The summed E-state index contributed by atoms with van der Waals surface area (Å²) in [5.74, 6) is -0.224. The number of carbonyl (C=O) groups is 3. The Balaban J connectivity index is 2.47. The van der Waals surface area contributed by atoms with Gasteiger partial charge in [0.2, 0.25) is 11.8 Å². The minimum Gasteiger partial charge on any atom is -0.299 e. The lowest BCUT2D eigenvalue weighted by Crippen LogP contribution is -2.33. The van der Waals surface area contributed by atoms with Gasteiger partial charge in [-0.2, -0.15) is 0 Å². The molecule has 15 heavy (non-hydrogen) atoms. The SMILES string of the molecule is CC(C)(C)C(=O)CCN1C(=O)CCC1=O. The molecule has 1 aliphatic rings. The van der Waals surface area contributed by atoms with Crippen molar-refractivity contribution in [1.29, 1.82) is 0 Å². The summed E-state index contributed by atoms with van der Waals surface area (Å²) < 4.78 is 0. The molecule has 4 heteroatoms. The number of rotatable bonds is 3. The molecule has 1 fully saturated rings. The Bertz CT molecular complexity index is 285. The molecule has 1 rings (SSSR count). The first-order valence-electron chi connectivity index (χ1n) is 5.19. The predicted molar refractivity (Wildman–Crippen MR) is 55.0 cm³/mol. The van der Waals surface area contributed by atoms with Crippen LogP contribution in [-0.2, 0) is 14.4 Å². The van der Waals surface area contributed by atoms with Crippen molar-refractivity contribution in [2.75, 3.05) is 6.54 Å². The Morgan fingerprint density at radius 2 is 1.67 bits per heavy atom. The molecule has 2 amide bonds. The summed E-state index contributed by atoms with van der Waals surface area (Å²) in [6.45, 7) is 5.75. The Morgan fingerprint density at radius 3 is 2.07 bits per heavy atom. The van der Waals surface area contributed by atoms with Crippen molar-refractivity contribution in [2.45, 2.75) is 40.0 Å². The second-order valence-corrected chi connectivity index (χ2v) is 4.86. The van der Waals surface area contributed by atoms with E-state index in [0.717, 1.165) is 0 Å². The number of hydrogen-bond donors (Lipinski definition) is 0. The molecule has 0 aromatic heterocycles. The van der Waals surface area contributed by atoms with Gasteiger partial charge in [-0.1, -0.05) is 20.8 Å². The number of Topliss-reactive ketones (excluding diaryl/α,β-unsaturated/α-hetero) is 1. The van der Waals surface area contributed by atoms with Gasteiger partial charge < -0.3 is 0 Å². The fourth-order valence-corrected chi connectivity index (χ4v) is 1.46. The highest BCUT2D eigenvalue weighted by Gasteiger charge is 2.30. The van der Waals surface area contributed by atoms with Gasteiger partial charge in [0.1, 0.15) is 5.78 Å². The van der Waals surface area contributed by atoms with E-state index in [-0.39, 0.29) is 30.6 Å². The maximum absolute atomic E-state index is 11.6. The molecule has 0 atom stereocenters. The third kappa shape index (κ3) is 2.88. The van der Waals surface area contributed by atoms with Gasteiger partial charge in [-0.15, -0.1) is 0 Å². The van der Waals surface area contributed by atoms with E-state index < -0.39 is 5.41 Å². The van der Waals surface area contributed by atoms with Gasteiger partial charge in [-0.25, -0.2) is 0 Å². The van der Waals surface area contributed by atoms with Crippen LogP contribution in [0.2, 0.25) is 0 Å². The van der Waals surface area contributed by atoms with Crippen LogP contribution in [0.3, 0.4) is 0 Å². The molecule has 4 nitrogen and oxygen atoms in total. The Hall–Kier alpha value is -1.19. The van der Waals surface area contributed by atoms with Crippen molar-refractivity contribution >= 4 is 17.6 Å². The first kappa shape index (κ1) is 11.9. The minimum absolute atomic E-state index is 0.0787. The lowest BCUT2D eigenvalue weighted by Gasteiger charge is -2.19. The zero-order valence-electron chi connectivity index (χ0n) is 9.50. The minimum atomic E-state index is -0.397. The molecule has 1 aliphatic heterocycles. The summed E-state index contributed by atoms with van der Waals surface area (Å²) in [4.78, 5) is 35.3. The molecule has 0 bridgehead atoms. The van der Waals surface area contributed by atoms with E-state index in [2.05, 4.69) is 0 Å². The smallest absolute Gasteiger partial charge is 0.229 e. The number of nitrogens with zero attached hydrogens (tertiary/aromatic N) is 1. The van der Waals surface area contributed by atoms with Gasteiger partial charge in [0, 0.05) is 31.2 Å². The van der Waals surface area contributed by atoms with Crippen molar-refractivity contribution in [3.63, 3.8) is 0 Å². The van der Waals surface area contributed by atoms with E-state index in [0.29, 0.717) is 12.8 Å². The van der Waals surface area contributed by atoms with Crippen LogP contribution in [0.25, 0.3) is 0 Å². The van der Waals surface area contributed by atoms with Crippen LogP contribution in [0.4, 0.5) is 0 Å². The molecule has 1 saturated heterocycles. The van der Waals surface area contributed by atoms with Crippen LogP contribution in [0.1, 0.15) is 40.0 Å². The average molecular weight is 211 g/mol. The summed E-state index contributed by atoms with van der Waals surface area (Å²) in [5, 5.41) is 0. The first-order chi connectivity index (χ1) is 6.82. The molecule has 0 saturated carbocycles. The largest absolute Gasteiger partial charge is 0.299 e. The third-order valence-corrected chi connectivity index (χ3v) is 2.55. The highest BCUT2D eigenvalue weighted by Crippen LogP contribution is 2.18. The first-order valence-corrected chi connectivity index (χ1v) is 5.19. The van der Waals surface area contributed by atoms with Crippen molar-refractivity contribution in [3.8, 4) is 0 Å². The molecule has 84 valence electrons. The summed E-state index contributed by atoms with van der Waals surface area (Å²) in [5.41, 5.74) is -0.397. The zero-order valence-corrected chi connectivity index (χ0v) is 9.50. The van der Waals surface area contributed by atoms with Gasteiger partial charge in [0.25, 0.3) is 0 Å². The summed E-state index contributed by atoms with van der Waals surface area (Å²) in [7, 11) is 0. The zero-order chi connectivity index (χ0) is 11.6. The van der Waals surface area contributed by atoms with Crippen molar-refractivity contribution in [2.24, 2.45) is 5.41 Å². The van der Waals surface area contributed by atoms with E-state index in [9.17, 15) is 14.4 Å². The van der Waals surface area contributed by atoms with Gasteiger partial charge in [0.05, 0.1) is 0 Å². The molecule has 0 aliphatic carbocycles. The summed E-state index contributed by atoms with van der Waals surface area (Å²) >= 11 is 0.